The highest BCUT2D eigenvalue weighted by Gasteiger charge is 2.33. The Morgan fingerprint density at radius 1 is 0.667 bits per heavy atom. The summed E-state index contributed by atoms with van der Waals surface area (Å²) in [6.07, 6.45) is 7.54. The molecule has 2 aliphatic carbocycles. The molecule has 0 radical (unpaired) electrons. The lowest BCUT2D eigenvalue weighted by Gasteiger charge is -2.42. The molecule has 0 spiro atoms. The van der Waals surface area contributed by atoms with Gasteiger partial charge in [0.15, 0.2) is 0 Å². The van der Waals surface area contributed by atoms with Gasteiger partial charge in [-0.15, -0.1) is 0 Å². The Morgan fingerprint density at radius 3 is 1.24 bits per heavy atom. The van der Waals surface area contributed by atoms with Crippen molar-refractivity contribution in [2.75, 3.05) is 0 Å². The van der Waals surface area contributed by atoms with Crippen LogP contribution in [0.3, 0.4) is 0 Å². The smallest absolute Gasteiger partial charge is 0.144 e. The molecule has 0 aliphatic heterocycles. The zero-order valence-electron chi connectivity index (χ0n) is 13.2. The standard InChI is InChI=1S/C12H24O5P2.2H3N/c13-18(14,11-7-3-1-4-8-11)17-19(15,16)12-9-5-2-6-10-12;;/h11-12H,1-10H2,(H,13,14)(H,15,16);2*1H3. The van der Waals surface area contributed by atoms with Crippen LogP contribution >= 0.6 is 15.2 Å². The van der Waals surface area contributed by atoms with Gasteiger partial charge in [0.2, 0.25) is 0 Å². The van der Waals surface area contributed by atoms with Gasteiger partial charge in [0, 0.05) is 11.3 Å². The minimum Gasteiger partial charge on any atom is -0.778 e. The lowest BCUT2D eigenvalue weighted by molar-refractivity contribution is -0.217. The van der Waals surface area contributed by atoms with Crippen LogP contribution in [0.5, 0.6) is 0 Å². The fraction of sp³-hybridized carbons (Fsp3) is 1.00. The van der Waals surface area contributed by atoms with Crippen molar-refractivity contribution in [3.05, 3.63) is 0 Å². The third kappa shape index (κ3) is 5.76. The Hall–Kier alpha value is 0.260. The van der Waals surface area contributed by atoms with Gasteiger partial charge in [-0.25, -0.2) is 0 Å². The Kier molecular flexibility index (Phi) is 8.89. The first-order valence-electron chi connectivity index (χ1n) is 7.24. The molecule has 8 N–H and O–H groups in total. The fourth-order valence-corrected chi connectivity index (χ4v) is 7.42. The summed E-state index contributed by atoms with van der Waals surface area (Å²) in [5.74, 6) is 0. The molecule has 0 heterocycles. The number of rotatable bonds is 4. The minimum atomic E-state index is -4.28. The first-order valence-corrected chi connectivity index (χ1v) is 10.5. The van der Waals surface area contributed by atoms with E-state index < -0.39 is 26.5 Å². The SMILES string of the molecule is O=P([O-])(OP(=O)([O-])C1CCCCC1)C1CCCCC1.[NH4+].[NH4+]. The van der Waals surface area contributed by atoms with E-state index in [9.17, 15) is 18.9 Å². The molecule has 128 valence electrons. The van der Waals surface area contributed by atoms with E-state index in [0.29, 0.717) is 25.7 Å². The van der Waals surface area contributed by atoms with Crippen LogP contribution in [0, 0.1) is 0 Å². The largest absolute Gasteiger partial charge is 0.778 e. The fourth-order valence-electron chi connectivity index (χ4n) is 3.09. The van der Waals surface area contributed by atoms with Crippen molar-refractivity contribution in [1.29, 1.82) is 0 Å². The van der Waals surface area contributed by atoms with Gasteiger partial charge in [-0.1, -0.05) is 38.5 Å². The van der Waals surface area contributed by atoms with Gasteiger partial charge in [-0.3, -0.25) is 4.31 Å². The highest BCUT2D eigenvalue weighted by Crippen LogP contribution is 2.63. The second kappa shape index (κ2) is 8.78. The maximum Gasteiger partial charge on any atom is 0.144 e. The van der Waals surface area contributed by atoms with Gasteiger partial charge in [0.05, 0.1) is 0 Å². The van der Waals surface area contributed by atoms with Crippen molar-refractivity contribution in [1.82, 2.24) is 12.3 Å². The van der Waals surface area contributed by atoms with Crippen LogP contribution in [-0.2, 0) is 13.4 Å². The maximum atomic E-state index is 12.1. The number of hydrogen-bond donors (Lipinski definition) is 2. The molecule has 2 fully saturated rings. The second-order valence-corrected chi connectivity index (χ2v) is 10.0. The summed E-state index contributed by atoms with van der Waals surface area (Å²) in [5, 5.41) is 0. The van der Waals surface area contributed by atoms with E-state index in [4.69, 9.17) is 4.31 Å². The van der Waals surface area contributed by atoms with Crippen molar-refractivity contribution in [2.24, 2.45) is 0 Å². The topological polar surface area (TPSA) is 162 Å². The molecular formula is C12H30N2O5P2. The molecule has 2 atom stereocenters. The van der Waals surface area contributed by atoms with E-state index in [2.05, 4.69) is 0 Å². The average molecular weight is 344 g/mol. The summed E-state index contributed by atoms with van der Waals surface area (Å²) in [6, 6.07) is 0. The molecule has 0 aromatic heterocycles. The van der Waals surface area contributed by atoms with E-state index in [-0.39, 0.29) is 12.3 Å². The van der Waals surface area contributed by atoms with Crippen molar-refractivity contribution < 1.29 is 23.2 Å². The minimum absolute atomic E-state index is 0. The van der Waals surface area contributed by atoms with E-state index in [0.717, 1.165) is 38.5 Å². The first kappa shape index (κ1) is 21.3. The van der Waals surface area contributed by atoms with Crippen molar-refractivity contribution in [3.63, 3.8) is 0 Å². The molecule has 9 heteroatoms. The second-order valence-electron chi connectivity index (χ2n) is 5.74. The van der Waals surface area contributed by atoms with E-state index in [1.807, 2.05) is 0 Å². The van der Waals surface area contributed by atoms with Crippen LogP contribution in [0.4, 0.5) is 0 Å². The Balaban J connectivity index is 0.00000200. The Morgan fingerprint density at radius 2 is 0.952 bits per heavy atom. The molecule has 2 aliphatic rings. The third-order valence-corrected chi connectivity index (χ3v) is 8.91. The van der Waals surface area contributed by atoms with E-state index >= 15 is 0 Å². The van der Waals surface area contributed by atoms with Gasteiger partial charge in [-0.2, -0.15) is 0 Å². The van der Waals surface area contributed by atoms with Crippen LogP contribution in [0.1, 0.15) is 64.2 Å². The summed E-state index contributed by atoms with van der Waals surface area (Å²) in [6.45, 7) is 0. The molecule has 7 nitrogen and oxygen atoms in total. The predicted octanol–water partition coefficient (Wildman–Crippen LogP) is 3.53. The highest BCUT2D eigenvalue weighted by molar-refractivity contribution is 7.65. The predicted molar refractivity (Wildman–Crippen MR) is 82.0 cm³/mol. The molecule has 2 rings (SSSR count). The van der Waals surface area contributed by atoms with Gasteiger partial charge in [-0.05, 0) is 25.7 Å². The Labute approximate surface area is 127 Å². The monoisotopic (exact) mass is 344 g/mol. The van der Waals surface area contributed by atoms with Crippen molar-refractivity contribution in [2.45, 2.75) is 75.5 Å². The van der Waals surface area contributed by atoms with Crippen LogP contribution < -0.4 is 22.1 Å². The number of hydrogen-bond acceptors (Lipinski definition) is 5. The van der Waals surface area contributed by atoms with Crippen LogP contribution in [0.15, 0.2) is 0 Å². The summed E-state index contributed by atoms with van der Waals surface area (Å²) in [4.78, 5) is 24.2. The van der Waals surface area contributed by atoms with Gasteiger partial charge in [0.25, 0.3) is 0 Å². The Bertz CT molecular complexity index is 359. The molecule has 2 saturated carbocycles. The summed E-state index contributed by atoms with van der Waals surface area (Å²) < 4.78 is 28.9. The molecule has 0 bridgehead atoms. The van der Waals surface area contributed by atoms with E-state index in [1.165, 1.54) is 0 Å². The molecule has 0 aromatic carbocycles. The lowest BCUT2D eigenvalue weighted by atomic mass is 10.0. The van der Waals surface area contributed by atoms with Crippen LogP contribution in [-0.4, -0.2) is 11.3 Å². The molecule has 2 unspecified atom stereocenters. The van der Waals surface area contributed by atoms with Gasteiger partial charge < -0.3 is 31.2 Å². The summed E-state index contributed by atoms with van der Waals surface area (Å²) >= 11 is 0. The normalized spacial score (nSPS) is 26.8. The van der Waals surface area contributed by atoms with Crippen LogP contribution in [0.2, 0.25) is 0 Å². The average Bonchev–Trinajstić information content (AvgIpc) is 2.40. The molecule has 0 saturated heterocycles. The van der Waals surface area contributed by atoms with Crippen LogP contribution in [0.25, 0.3) is 0 Å². The summed E-state index contributed by atoms with van der Waals surface area (Å²) in [5.41, 5.74) is -1.21. The number of quaternary nitrogens is 2. The van der Waals surface area contributed by atoms with E-state index in [1.54, 1.807) is 0 Å². The molecular weight excluding hydrogens is 314 g/mol. The van der Waals surface area contributed by atoms with Crippen molar-refractivity contribution >= 4 is 15.2 Å². The lowest BCUT2D eigenvalue weighted by Crippen LogP contribution is -2.27. The molecule has 0 aromatic rings. The van der Waals surface area contributed by atoms with Gasteiger partial charge >= 0.3 is 0 Å². The zero-order chi connectivity index (χ0) is 13.9. The first-order chi connectivity index (χ1) is 8.92. The zero-order valence-corrected chi connectivity index (χ0v) is 15.0. The maximum absolute atomic E-state index is 12.1. The van der Waals surface area contributed by atoms with Gasteiger partial charge in [0.1, 0.15) is 15.2 Å². The third-order valence-electron chi connectivity index (χ3n) is 4.27. The van der Waals surface area contributed by atoms with Crippen molar-refractivity contribution in [3.8, 4) is 0 Å². The highest BCUT2D eigenvalue weighted by atomic mass is 31.3. The quantitative estimate of drug-likeness (QED) is 0.744. The molecule has 0 amide bonds. The summed E-state index contributed by atoms with van der Waals surface area (Å²) in [7, 11) is -8.56. The molecule has 21 heavy (non-hydrogen) atoms.